The van der Waals surface area contributed by atoms with Crippen molar-refractivity contribution in [3.8, 4) is 17.2 Å². The van der Waals surface area contributed by atoms with Crippen LogP contribution in [0.2, 0.25) is 0 Å². The van der Waals surface area contributed by atoms with Crippen LogP contribution in [0.3, 0.4) is 0 Å². The van der Waals surface area contributed by atoms with Crippen molar-refractivity contribution in [1.29, 1.82) is 0 Å². The molecule has 12 nitrogen and oxygen atoms in total. The van der Waals surface area contributed by atoms with Gasteiger partial charge in [0.2, 0.25) is 5.91 Å². The number of fused-ring (bicyclic) bond motifs is 2. The molecule has 1 aromatic heterocycles. The van der Waals surface area contributed by atoms with Gasteiger partial charge in [-0.15, -0.1) is 0 Å². The van der Waals surface area contributed by atoms with Crippen molar-refractivity contribution in [2.75, 3.05) is 5.32 Å². The number of aryl methyl sites for hydroxylation is 1. The van der Waals surface area contributed by atoms with Crippen LogP contribution in [-0.4, -0.2) is 40.4 Å². The molecule has 0 spiro atoms. The lowest BCUT2D eigenvalue weighted by Gasteiger charge is -2.12. The Labute approximate surface area is 290 Å². The lowest BCUT2D eigenvalue weighted by atomic mass is 10.1. The Morgan fingerprint density at radius 3 is 2.40 bits per heavy atom. The molecule has 3 N–H and O–H groups in total. The van der Waals surface area contributed by atoms with Crippen LogP contribution in [0.25, 0.3) is 21.8 Å². The molecule has 4 amide bonds. The fraction of sp³-hybridized carbons (Fsp3) is 0.111. The first-order valence-electron chi connectivity index (χ1n) is 15.4. The Morgan fingerprint density at radius 2 is 1.64 bits per heavy atom. The zero-order valence-electron chi connectivity index (χ0n) is 26.5. The number of imide groups is 1. The number of anilines is 1. The van der Waals surface area contributed by atoms with Crippen molar-refractivity contribution in [3.63, 3.8) is 0 Å². The molecule has 0 aliphatic carbocycles. The number of rotatable bonds is 10. The van der Waals surface area contributed by atoms with E-state index in [0.29, 0.717) is 40.6 Å². The van der Waals surface area contributed by atoms with Gasteiger partial charge in [-0.3, -0.25) is 14.9 Å². The number of thioether (sulfide) groups is 1. The molecule has 5 aromatic carbocycles. The third kappa shape index (κ3) is 7.11. The summed E-state index contributed by atoms with van der Waals surface area (Å²) in [5, 5.41) is 5.68. The maximum absolute atomic E-state index is 12.7. The van der Waals surface area contributed by atoms with Crippen molar-refractivity contribution in [1.82, 2.24) is 19.6 Å². The average molecular weight is 708 g/mol. The second-order valence-corrected chi connectivity index (χ2v) is 14.3. The predicted molar refractivity (Wildman–Crippen MR) is 190 cm³/mol. The Bertz CT molecular complexity index is 2380. The first-order valence-corrected chi connectivity index (χ1v) is 17.8. The third-order valence-electron chi connectivity index (χ3n) is 8.04. The molecule has 0 bridgehead atoms. The number of aromatic nitrogens is 2. The van der Waals surface area contributed by atoms with E-state index in [1.165, 1.54) is 12.1 Å². The van der Waals surface area contributed by atoms with Crippen molar-refractivity contribution < 1.29 is 32.3 Å². The number of imidazole rings is 1. The SMILES string of the molecule is Cn1c(COc2ccc(CC3SC(=O)NC3=O)cc2)nc2ccc(Oc3ccc4cccc(NC(=O)NS(=O)(=O)c5ccccc5)c4c3)cc21. The van der Waals surface area contributed by atoms with Gasteiger partial charge in [0, 0.05) is 18.5 Å². The molecule has 50 heavy (non-hydrogen) atoms. The number of ether oxygens (including phenoxy) is 2. The van der Waals surface area contributed by atoms with Crippen LogP contribution in [0.1, 0.15) is 11.4 Å². The fourth-order valence-electron chi connectivity index (χ4n) is 5.51. The number of amides is 4. The summed E-state index contributed by atoms with van der Waals surface area (Å²) in [6.45, 7) is 0.219. The van der Waals surface area contributed by atoms with E-state index in [4.69, 9.17) is 14.5 Å². The average Bonchev–Trinajstić information content (AvgIpc) is 3.60. The van der Waals surface area contributed by atoms with Gasteiger partial charge in [-0.05, 0) is 72.0 Å². The number of carbonyl (C=O) groups is 3. The van der Waals surface area contributed by atoms with Gasteiger partial charge in [0.15, 0.2) is 0 Å². The number of nitrogens with one attached hydrogen (secondary N) is 3. The number of hydrogen-bond donors (Lipinski definition) is 3. The van der Waals surface area contributed by atoms with E-state index in [2.05, 4.69) is 15.4 Å². The van der Waals surface area contributed by atoms with E-state index in [9.17, 15) is 22.8 Å². The standard InChI is InChI=1S/C36H29N5O7S2/c1-41-31-20-26(16-17-30(31)37-33(41)21-47-24-13-10-22(11-14-24)18-32-34(42)39-36(44)49-32)48-25-15-12-23-6-5-9-29(28(23)19-25)38-35(43)40-50(45,46)27-7-3-2-4-8-27/h2-17,19-20,32H,18,21H2,1H3,(H2,38,40,43)(H,39,42,44). The highest BCUT2D eigenvalue weighted by molar-refractivity contribution is 8.15. The van der Waals surface area contributed by atoms with Crippen molar-refractivity contribution in [2.45, 2.75) is 23.2 Å². The summed E-state index contributed by atoms with van der Waals surface area (Å²) in [6.07, 6.45) is 0.452. The summed E-state index contributed by atoms with van der Waals surface area (Å²) in [5.74, 6) is 2.15. The molecule has 6 aromatic rings. The highest BCUT2D eigenvalue weighted by Gasteiger charge is 2.31. The lowest BCUT2D eigenvalue weighted by molar-refractivity contribution is -0.118. The summed E-state index contributed by atoms with van der Waals surface area (Å²) < 4.78 is 41.4. The van der Waals surface area contributed by atoms with E-state index < -0.39 is 21.3 Å². The van der Waals surface area contributed by atoms with Gasteiger partial charge < -0.3 is 19.4 Å². The van der Waals surface area contributed by atoms with E-state index in [1.807, 2.05) is 72.3 Å². The van der Waals surface area contributed by atoms with Crippen LogP contribution >= 0.6 is 11.8 Å². The molecule has 0 saturated carbocycles. The first-order chi connectivity index (χ1) is 24.1. The van der Waals surface area contributed by atoms with E-state index >= 15 is 0 Å². The molecule has 1 aliphatic rings. The number of nitrogens with zero attached hydrogens (tertiary/aromatic N) is 2. The molecule has 7 rings (SSSR count). The Hall–Kier alpha value is -5.86. The number of benzene rings is 5. The molecule has 14 heteroatoms. The molecule has 1 atom stereocenters. The maximum atomic E-state index is 12.7. The monoisotopic (exact) mass is 707 g/mol. The number of urea groups is 1. The summed E-state index contributed by atoms with van der Waals surface area (Å²) in [4.78, 5) is 40.7. The Balaban J connectivity index is 1.02. The van der Waals surface area contributed by atoms with Crippen molar-refractivity contribution >= 4 is 66.5 Å². The topological polar surface area (TPSA) is 158 Å². The van der Waals surface area contributed by atoms with Crippen LogP contribution in [-0.2, 0) is 34.9 Å². The van der Waals surface area contributed by atoms with E-state index in [0.717, 1.165) is 33.7 Å². The molecule has 1 saturated heterocycles. The third-order valence-corrected chi connectivity index (χ3v) is 10.4. The molecule has 0 radical (unpaired) electrons. The highest BCUT2D eigenvalue weighted by Crippen LogP contribution is 2.32. The van der Waals surface area contributed by atoms with Gasteiger partial charge in [0.05, 0.1) is 26.9 Å². The molecule has 1 aliphatic heterocycles. The van der Waals surface area contributed by atoms with Gasteiger partial charge in [-0.1, -0.05) is 60.3 Å². The van der Waals surface area contributed by atoms with Crippen molar-refractivity contribution in [3.05, 3.63) is 121 Å². The van der Waals surface area contributed by atoms with Crippen LogP contribution in [0, 0.1) is 0 Å². The van der Waals surface area contributed by atoms with Gasteiger partial charge in [0.1, 0.15) is 29.7 Å². The van der Waals surface area contributed by atoms with Crippen molar-refractivity contribution in [2.24, 2.45) is 7.05 Å². The van der Waals surface area contributed by atoms with Crippen LogP contribution < -0.4 is 24.8 Å². The molecule has 2 heterocycles. The first kappa shape index (κ1) is 32.7. The summed E-state index contributed by atoms with van der Waals surface area (Å²) in [5.41, 5.74) is 2.93. The Kier molecular flexibility index (Phi) is 8.87. The molecular formula is C36H29N5O7S2. The largest absolute Gasteiger partial charge is 0.486 e. The minimum absolute atomic E-state index is 0.0210. The fourth-order valence-corrected chi connectivity index (χ4v) is 7.30. The number of carbonyl (C=O) groups excluding carboxylic acids is 3. The molecule has 1 unspecified atom stereocenters. The Morgan fingerprint density at radius 1 is 0.900 bits per heavy atom. The number of sulfonamides is 1. The lowest BCUT2D eigenvalue weighted by Crippen LogP contribution is -2.34. The highest BCUT2D eigenvalue weighted by atomic mass is 32.2. The van der Waals surface area contributed by atoms with E-state index in [1.54, 1.807) is 36.4 Å². The summed E-state index contributed by atoms with van der Waals surface area (Å²) in [6, 6.07) is 30.5. The molecular weight excluding hydrogens is 679 g/mol. The quantitative estimate of drug-likeness (QED) is 0.145. The van der Waals surface area contributed by atoms with Gasteiger partial charge >= 0.3 is 6.03 Å². The van der Waals surface area contributed by atoms with Gasteiger partial charge in [0.25, 0.3) is 15.3 Å². The predicted octanol–water partition coefficient (Wildman–Crippen LogP) is 6.50. The second-order valence-electron chi connectivity index (χ2n) is 11.4. The number of hydrogen-bond acceptors (Lipinski definition) is 9. The smallest absolute Gasteiger partial charge is 0.333 e. The van der Waals surface area contributed by atoms with Crippen LogP contribution in [0.4, 0.5) is 15.3 Å². The van der Waals surface area contributed by atoms with Gasteiger partial charge in [-0.2, -0.15) is 0 Å². The molecule has 1 fully saturated rings. The van der Waals surface area contributed by atoms with Gasteiger partial charge in [-0.25, -0.2) is 22.9 Å². The molecule has 252 valence electrons. The van der Waals surface area contributed by atoms with E-state index in [-0.39, 0.29) is 22.6 Å². The minimum Gasteiger partial charge on any atom is -0.486 e. The zero-order chi connectivity index (χ0) is 34.8. The summed E-state index contributed by atoms with van der Waals surface area (Å²) >= 11 is 1.00. The van der Waals surface area contributed by atoms with Crippen LogP contribution in [0.15, 0.2) is 114 Å². The minimum atomic E-state index is -4.05. The normalized spacial score (nSPS) is 14.5. The zero-order valence-corrected chi connectivity index (χ0v) is 28.1. The summed E-state index contributed by atoms with van der Waals surface area (Å²) in [7, 11) is -2.16. The second kappa shape index (κ2) is 13.6. The maximum Gasteiger partial charge on any atom is 0.333 e. The van der Waals surface area contributed by atoms with Crippen LogP contribution in [0.5, 0.6) is 17.2 Å².